The third-order valence-electron chi connectivity index (χ3n) is 12.9. The number of aryl methyl sites for hydroxylation is 3. The molecule has 7 aromatic rings. The summed E-state index contributed by atoms with van der Waals surface area (Å²) >= 11 is 3.17. The molecule has 3 amide bonds. The van der Waals surface area contributed by atoms with Gasteiger partial charge in [-0.15, -0.1) is 32.9 Å². The number of nitrogens with one attached hydrogen (secondary N) is 2. The lowest BCUT2D eigenvalue weighted by Crippen LogP contribution is -2.57. The number of fused-ring (bicyclic) bond motifs is 4. The molecule has 0 bridgehead atoms. The Kier molecular flexibility index (Phi) is 12.3. The fourth-order valence-electron chi connectivity index (χ4n) is 9.05. The molecular formula is C51H52N8O7S2. The number of benzene rings is 3. The summed E-state index contributed by atoms with van der Waals surface area (Å²) < 4.78 is 8.08. The van der Waals surface area contributed by atoms with Gasteiger partial charge in [-0.05, 0) is 80.0 Å². The van der Waals surface area contributed by atoms with Crippen LogP contribution in [0, 0.1) is 33.1 Å². The maximum Gasteiger partial charge on any atom is 0.306 e. The number of thiazole rings is 1. The van der Waals surface area contributed by atoms with Crippen LogP contribution in [0.4, 0.5) is 0 Å². The van der Waals surface area contributed by atoms with Gasteiger partial charge in [0, 0.05) is 34.4 Å². The van der Waals surface area contributed by atoms with E-state index in [1.807, 2.05) is 125 Å². The molecule has 9 rings (SSSR count). The number of furan rings is 1. The molecule has 2 aliphatic rings. The Balaban J connectivity index is 0.912. The lowest BCUT2D eigenvalue weighted by Gasteiger charge is -2.35. The van der Waals surface area contributed by atoms with E-state index in [1.165, 1.54) is 4.90 Å². The molecule has 5 atom stereocenters. The Bertz CT molecular complexity index is 3140. The number of likely N-dealkylation sites (tertiary alicyclic amines) is 1. The summed E-state index contributed by atoms with van der Waals surface area (Å²) in [7, 11) is 0. The number of aliphatic imine (C=N–C) groups is 1. The molecule has 2 aliphatic heterocycles. The third kappa shape index (κ3) is 8.76. The number of aromatic nitrogens is 4. The molecule has 0 spiro atoms. The van der Waals surface area contributed by atoms with Crippen molar-refractivity contribution in [1.29, 1.82) is 0 Å². The fraction of sp³-hybridized carbons (Fsp3) is 0.333. The number of amides is 3. The monoisotopic (exact) mass is 952 g/mol. The molecule has 4 aromatic heterocycles. The second-order valence-corrected chi connectivity index (χ2v) is 20.8. The molecule has 17 heteroatoms. The van der Waals surface area contributed by atoms with Gasteiger partial charge in [0.25, 0.3) is 5.91 Å². The minimum absolute atomic E-state index is 0.0144. The van der Waals surface area contributed by atoms with E-state index in [9.17, 15) is 29.4 Å². The second kappa shape index (κ2) is 18.0. The highest BCUT2D eigenvalue weighted by Crippen LogP contribution is 2.40. The predicted octanol–water partition coefficient (Wildman–Crippen LogP) is 8.45. The van der Waals surface area contributed by atoms with Crippen LogP contribution in [0.3, 0.4) is 0 Å². The van der Waals surface area contributed by atoms with Gasteiger partial charge in [-0.2, -0.15) is 0 Å². The Morgan fingerprint density at radius 2 is 1.59 bits per heavy atom. The molecule has 350 valence electrons. The number of carboxylic acids is 1. The first-order valence-electron chi connectivity index (χ1n) is 22.4. The van der Waals surface area contributed by atoms with Crippen molar-refractivity contribution in [2.24, 2.45) is 10.4 Å². The van der Waals surface area contributed by atoms with Gasteiger partial charge in [-0.3, -0.25) is 28.7 Å². The highest BCUT2D eigenvalue weighted by atomic mass is 32.1. The van der Waals surface area contributed by atoms with Crippen LogP contribution in [-0.4, -0.2) is 89.0 Å². The van der Waals surface area contributed by atoms with E-state index in [1.54, 1.807) is 28.7 Å². The highest BCUT2D eigenvalue weighted by Gasteiger charge is 2.45. The summed E-state index contributed by atoms with van der Waals surface area (Å²) in [4.78, 5) is 67.2. The molecule has 1 saturated heterocycles. The lowest BCUT2D eigenvalue weighted by molar-refractivity contribution is -0.142. The van der Waals surface area contributed by atoms with Crippen LogP contribution in [0.15, 0.2) is 87.7 Å². The summed E-state index contributed by atoms with van der Waals surface area (Å²) in [5.74, 6) is -1.29. The van der Waals surface area contributed by atoms with Crippen molar-refractivity contribution in [1.82, 2.24) is 35.3 Å². The number of aliphatic hydroxyl groups is 1. The first-order valence-corrected chi connectivity index (χ1v) is 24.1. The van der Waals surface area contributed by atoms with Crippen molar-refractivity contribution < 1.29 is 33.8 Å². The van der Waals surface area contributed by atoms with Gasteiger partial charge >= 0.3 is 5.97 Å². The Hall–Kier alpha value is -6.82. The minimum atomic E-state index is -1.06. The average molecular weight is 953 g/mol. The molecule has 0 aliphatic carbocycles. The fourth-order valence-corrected chi connectivity index (χ4v) is 11.1. The smallest absolute Gasteiger partial charge is 0.306 e. The van der Waals surface area contributed by atoms with Crippen molar-refractivity contribution in [3.05, 3.63) is 129 Å². The number of carbonyl (C=O) groups excluding carboxylic acids is 3. The number of carbonyl (C=O) groups is 4. The van der Waals surface area contributed by atoms with Gasteiger partial charge < -0.3 is 30.2 Å². The molecule has 68 heavy (non-hydrogen) atoms. The summed E-state index contributed by atoms with van der Waals surface area (Å²) in [6, 6.07) is 20.0. The van der Waals surface area contributed by atoms with Crippen molar-refractivity contribution in [3.63, 3.8) is 0 Å². The van der Waals surface area contributed by atoms with Crippen molar-refractivity contribution >= 4 is 63.0 Å². The summed E-state index contributed by atoms with van der Waals surface area (Å²) in [6.45, 7) is 15.2. The Morgan fingerprint density at radius 1 is 0.897 bits per heavy atom. The number of hydrogen-bond donors (Lipinski definition) is 4. The third-order valence-corrected chi connectivity index (χ3v) is 15.0. The maximum absolute atomic E-state index is 14.4. The molecule has 6 heterocycles. The maximum atomic E-state index is 14.4. The first kappa shape index (κ1) is 46.3. The summed E-state index contributed by atoms with van der Waals surface area (Å²) in [6.07, 6.45) is -1.09. The number of aliphatic carboxylic acids is 1. The van der Waals surface area contributed by atoms with Crippen molar-refractivity contribution in [2.75, 3.05) is 6.54 Å². The molecular weight excluding hydrogens is 901 g/mol. The molecule has 0 saturated carbocycles. The van der Waals surface area contributed by atoms with Gasteiger partial charge in [0.15, 0.2) is 11.6 Å². The summed E-state index contributed by atoms with van der Waals surface area (Å²) in [5, 5.41) is 36.8. The number of β-amino-alcohol motifs (C(OH)–C–C–N with tert-alkyl or cyclic N) is 1. The van der Waals surface area contributed by atoms with Gasteiger partial charge in [0.2, 0.25) is 11.8 Å². The van der Waals surface area contributed by atoms with E-state index in [0.29, 0.717) is 28.3 Å². The van der Waals surface area contributed by atoms with Crippen LogP contribution < -0.4 is 10.6 Å². The predicted molar refractivity (Wildman–Crippen MR) is 261 cm³/mol. The SMILES string of the molecule is Cc1ncsc1-c1ccc(C(C)NC(=O)[C@@H]2C[C@@H](O)CN2C(=O)C(NC(=O)c2cc3ccc(-c4ccc(C5=N[C@@H](CC(=O)O)c6nnc(C)n6-c6sc(C)c(C)c65)cc4)cc3o2)C(C)(C)C)cc1. The zero-order valence-electron chi connectivity index (χ0n) is 38.9. The van der Waals surface area contributed by atoms with Gasteiger partial charge in [0.1, 0.15) is 34.5 Å². The van der Waals surface area contributed by atoms with E-state index in [4.69, 9.17) is 9.41 Å². The second-order valence-electron chi connectivity index (χ2n) is 18.7. The number of carboxylic acid groups (broad SMARTS) is 1. The van der Waals surface area contributed by atoms with Crippen LogP contribution in [0.1, 0.15) is 108 Å². The van der Waals surface area contributed by atoms with Crippen LogP contribution in [-0.2, 0) is 14.4 Å². The number of rotatable bonds is 11. The Labute approximate surface area is 401 Å². The standard InChI is InChI=1S/C51H52N8O7S2/c1-25-28(4)68-50-42(25)43(54-37(22-41(61)62)46-57-56-29(5)59(46)50)32-13-11-31(12-14-32)34-17-18-35-20-40(66-39(35)19-34)48(64)55-45(51(6,7)8)49(65)58-23-36(60)21-38(58)47(63)53-26(2)30-9-15-33(16-10-30)44-27(3)52-24-67-44/h9-20,24,26,36-38,45,60H,21-23H2,1-8H3,(H,53,63)(H,55,64)(H,61,62)/t26?,36-,37+,38+,45?/m1/s1. The Morgan fingerprint density at radius 3 is 2.26 bits per heavy atom. The zero-order valence-corrected chi connectivity index (χ0v) is 40.6. The molecule has 1 fully saturated rings. The van der Waals surface area contributed by atoms with Gasteiger partial charge in [0.05, 0.1) is 40.4 Å². The number of nitrogens with zero attached hydrogens (tertiary/aromatic N) is 6. The topological polar surface area (TPSA) is 205 Å². The van der Waals surface area contributed by atoms with Crippen LogP contribution >= 0.6 is 22.7 Å². The molecule has 2 unspecified atom stereocenters. The number of thiophene rings is 1. The van der Waals surface area contributed by atoms with Crippen LogP contribution in [0.25, 0.3) is 37.5 Å². The molecule has 4 N–H and O–H groups in total. The number of aliphatic hydroxyl groups excluding tert-OH is 1. The van der Waals surface area contributed by atoms with E-state index in [2.05, 4.69) is 32.7 Å². The average Bonchev–Trinajstić information content (AvgIpc) is 4.14. The summed E-state index contributed by atoms with van der Waals surface area (Å²) in [5.41, 5.74) is 9.56. The van der Waals surface area contributed by atoms with Gasteiger partial charge in [-0.1, -0.05) is 81.4 Å². The van der Waals surface area contributed by atoms with Crippen LogP contribution in [0.2, 0.25) is 0 Å². The normalized spacial score (nSPS) is 17.8. The molecule has 3 aromatic carbocycles. The van der Waals surface area contributed by atoms with E-state index >= 15 is 0 Å². The van der Waals surface area contributed by atoms with E-state index in [-0.39, 0.29) is 31.2 Å². The van der Waals surface area contributed by atoms with Crippen molar-refractivity contribution in [2.45, 2.75) is 98.5 Å². The lowest BCUT2D eigenvalue weighted by atomic mass is 9.85. The van der Waals surface area contributed by atoms with Crippen molar-refractivity contribution in [3.8, 4) is 26.6 Å². The van der Waals surface area contributed by atoms with E-state index < -0.39 is 53.3 Å². The quantitative estimate of drug-likeness (QED) is 0.0974. The van der Waals surface area contributed by atoms with E-state index in [0.717, 1.165) is 59.4 Å². The largest absolute Gasteiger partial charge is 0.481 e. The molecule has 15 nitrogen and oxygen atoms in total. The van der Waals surface area contributed by atoms with Crippen LogP contribution in [0.5, 0.6) is 0 Å². The molecule has 0 radical (unpaired) electrons. The highest BCUT2D eigenvalue weighted by molar-refractivity contribution is 7.15. The first-order chi connectivity index (χ1) is 32.4. The van der Waals surface area contributed by atoms with Gasteiger partial charge in [-0.25, -0.2) is 4.98 Å². The number of hydrogen-bond acceptors (Lipinski definition) is 12. The minimum Gasteiger partial charge on any atom is -0.481 e. The zero-order chi connectivity index (χ0) is 48.3.